The average Bonchev–Trinajstić information content (AvgIpc) is 2.61. The molecule has 0 atom stereocenters. The minimum Gasteiger partial charge on any atom is -0.203 e. The minimum atomic E-state index is -0.656. The molecule has 0 amide bonds. The molecule has 1 aromatic carbocycles. The highest BCUT2D eigenvalue weighted by molar-refractivity contribution is 5.28. The van der Waals surface area contributed by atoms with E-state index in [0.717, 1.165) is 30.6 Å². The lowest BCUT2D eigenvalue weighted by Crippen LogP contribution is -2.25. The smallest absolute Gasteiger partial charge is 0.162 e. The highest BCUT2D eigenvalue weighted by atomic mass is 19.2. The molecule has 0 heterocycles. The largest absolute Gasteiger partial charge is 0.203 e. The summed E-state index contributed by atoms with van der Waals surface area (Å²) in [4.78, 5) is 0. The summed E-state index contributed by atoms with van der Waals surface area (Å²) in [5.41, 5.74) is 1.01. The molecule has 0 saturated heterocycles. The molecule has 0 spiro atoms. The first-order valence-corrected chi connectivity index (χ1v) is 9.67. The molecule has 0 bridgehead atoms. The maximum Gasteiger partial charge on any atom is 0.162 e. The molecule has 24 heavy (non-hydrogen) atoms. The van der Waals surface area contributed by atoms with Crippen molar-refractivity contribution in [1.29, 1.82) is 0 Å². The number of hydrogen-bond acceptors (Lipinski definition) is 0. The van der Waals surface area contributed by atoms with Crippen LogP contribution in [0.4, 0.5) is 8.78 Å². The van der Waals surface area contributed by atoms with Crippen LogP contribution in [0.15, 0.2) is 24.3 Å². The predicted molar refractivity (Wildman–Crippen MR) is 96.1 cm³/mol. The van der Waals surface area contributed by atoms with E-state index in [1.54, 1.807) is 19.1 Å². The number of aryl methyl sites for hydroxylation is 1. The molecule has 0 unspecified atom stereocenters. The Kier molecular flexibility index (Phi) is 5.73. The van der Waals surface area contributed by atoms with Crippen LogP contribution in [0.25, 0.3) is 0 Å². The van der Waals surface area contributed by atoms with Crippen molar-refractivity contribution in [3.63, 3.8) is 0 Å². The van der Waals surface area contributed by atoms with Gasteiger partial charge in [-0.1, -0.05) is 24.3 Å². The first-order valence-electron chi connectivity index (χ1n) is 9.67. The van der Waals surface area contributed by atoms with Crippen LogP contribution in [0.2, 0.25) is 0 Å². The molecule has 132 valence electrons. The second kappa shape index (κ2) is 7.80. The Morgan fingerprint density at radius 1 is 0.833 bits per heavy atom. The van der Waals surface area contributed by atoms with Crippen LogP contribution in [0.1, 0.15) is 75.3 Å². The van der Waals surface area contributed by atoms with Gasteiger partial charge < -0.3 is 0 Å². The van der Waals surface area contributed by atoms with E-state index in [0.29, 0.717) is 11.1 Å². The van der Waals surface area contributed by atoms with Crippen LogP contribution in [-0.4, -0.2) is 0 Å². The zero-order chi connectivity index (χ0) is 17.1. The van der Waals surface area contributed by atoms with Gasteiger partial charge in [-0.2, -0.15) is 0 Å². The normalized spacial score (nSPS) is 31.5. The van der Waals surface area contributed by atoms with Gasteiger partial charge in [-0.3, -0.25) is 0 Å². The summed E-state index contributed by atoms with van der Waals surface area (Å²) < 4.78 is 28.1. The molecule has 0 nitrogen and oxygen atoms in total. The number of rotatable bonds is 3. The summed E-state index contributed by atoms with van der Waals surface area (Å²) in [6.45, 7) is 3.74. The standard InChI is InChI=1S/C22H30F2/c1-3-4-16-6-8-17(9-7-16)18-10-12-19(13-11-18)20-14-5-15(2)21(23)22(20)24/h3-5,14,16-19H,6-13H2,1-2H3/b4-3-. The predicted octanol–water partition coefficient (Wildman–Crippen LogP) is 6.93. The van der Waals surface area contributed by atoms with Gasteiger partial charge in [-0.15, -0.1) is 0 Å². The van der Waals surface area contributed by atoms with Crippen LogP contribution >= 0.6 is 0 Å². The molecular weight excluding hydrogens is 302 g/mol. The van der Waals surface area contributed by atoms with Crippen LogP contribution in [0.5, 0.6) is 0 Å². The number of allylic oxidation sites excluding steroid dienone is 2. The summed E-state index contributed by atoms with van der Waals surface area (Å²) in [7, 11) is 0. The van der Waals surface area contributed by atoms with Crippen LogP contribution in [0, 0.1) is 36.3 Å². The van der Waals surface area contributed by atoms with Gasteiger partial charge >= 0.3 is 0 Å². The van der Waals surface area contributed by atoms with Crippen molar-refractivity contribution in [2.75, 3.05) is 0 Å². The van der Waals surface area contributed by atoms with Gasteiger partial charge in [-0.25, -0.2) is 8.78 Å². The second-order valence-electron chi connectivity index (χ2n) is 7.91. The van der Waals surface area contributed by atoms with Crippen LogP contribution in [0.3, 0.4) is 0 Å². The summed E-state index contributed by atoms with van der Waals surface area (Å²) in [5, 5.41) is 0. The Morgan fingerprint density at radius 3 is 2.00 bits per heavy atom. The van der Waals surface area contributed by atoms with Crippen molar-refractivity contribution in [2.45, 2.75) is 71.1 Å². The molecule has 0 N–H and O–H groups in total. The fourth-order valence-electron chi connectivity index (χ4n) is 4.96. The van der Waals surface area contributed by atoms with Crippen LogP contribution in [-0.2, 0) is 0 Å². The molecule has 2 aliphatic carbocycles. The minimum absolute atomic E-state index is 0.204. The fraction of sp³-hybridized carbons (Fsp3) is 0.636. The molecule has 1 aromatic rings. The SMILES string of the molecule is C/C=C\C1CCC(C2CCC(c3ccc(C)c(F)c3F)CC2)CC1. The topological polar surface area (TPSA) is 0 Å². The van der Waals surface area contributed by atoms with Gasteiger partial charge in [0.15, 0.2) is 11.6 Å². The number of hydrogen-bond donors (Lipinski definition) is 0. The maximum atomic E-state index is 14.2. The highest BCUT2D eigenvalue weighted by Gasteiger charge is 2.31. The summed E-state index contributed by atoms with van der Waals surface area (Å²) in [6, 6.07) is 3.53. The van der Waals surface area contributed by atoms with Crippen molar-refractivity contribution < 1.29 is 8.78 Å². The fourth-order valence-corrected chi connectivity index (χ4v) is 4.96. The third-order valence-corrected chi connectivity index (χ3v) is 6.46. The van der Waals surface area contributed by atoms with Crippen molar-refractivity contribution in [2.24, 2.45) is 17.8 Å². The third kappa shape index (κ3) is 3.73. The quantitative estimate of drug-likeness (QED) is 0.526. The Morgan fingerprint density at radius 2 is 1.42 bits per heavy atom. The lowest BCUT2D eigenvalue weighted by atomic mass is 9.68. The molecule has 2 saturated carbocycles. The molecule has 2 fully saturated rings. The van der Waals surface area contributed by atoms with Gasteiger partial charge in [0.2, 0.25) is 0 Å². The summed E-state index contributed by atoms with van der Waals surface area (Å²) >= 11 is 0. The van der Waals surface area contributed by atoms with Gasteiger partial charge in [0.25, 0.3) is 0 Å². The lowest BCUT2D eigenvalue weighted by molar-refractivity contribution is 0.170. The van der Waals surface area contributed by atoms with Crippen molar-refractivity contribution in [1.82, 2.24) is 0 Å². The van der Waals surface area contributed by atoms with Crippen molar-refractivity contribution in [3.05, 3.63) is 47.0 Å². The van der Waals surface area contributed by atoms with E-state index < -0.39 is 11.6 Å². The molecule has 0 aliphatic heterocycles. The number of benzene rings is 1. The molecule has 0 radical (unpaired) electrons. The Hall–Kier alpha value is -1.18. The third-order valence-electron chi connectivity index (χ3n) is 6.46. The Bertz CT molecular complexity index is 574. The molecule has 0 aromatic heterocycles. The first-order chi connectivity index (χ1) is 11.6. The Balaban J connectivity index is 1.56. The van der Waals surface area contributed by atoms with E-state index in [1.165, 1.54) is 38.5 Å². The summed E-state index contributed by atoms with van der Waals surface area (Å²) in [6.07, 6.45) is 14.3. The summed E-state index contributed by atoms with van der Waals surface area (Å²) in [5.74, 6) is 1.38. The van der Waals surface area contributed by atoms with Gasteiger partial charge in [0.05, 0.1) is 0 Å². The van der Waals surface area contributed by atoms with E-state index in [2.05, 4.69) is 19.1 Å². The highest BCUT2D eigenvalue weighted by Crippen LogP contribution is 2.44. The van der Waals surface area contributed by atoms with Gasteiger partial charge in [0.1, 0.15) is 0 Å². The monoisotopic (exact) mass is 332 g/mol. The first kappa shape index (κ1) is 17.6. The molecule has 3 rings (SSSR count). The Labute approximate surface area is 145 Å². The number of halogens is 2. The van der Waals surface area contributed by atoms with E-state index in [-0.39, 0.29) is 5.92 Å². The van der Waals surface area contributed by atoms with Gasteiger partial charge in [-0.05, 0) is 100 Å². The second-order valence-corrected chi connectivity index (χ2v) is 7.91. The molecule has 2 aliphatic rings. The van der Waals surface area contributed by atoms with Crippen molar-refractivity contribution >= 4 is 0 Å². The zero-order valence-corrected chi connectivity index (χ0v) is 15.0. The zero-order valence-electron chi connectivity index (χ0n) is 15.0. The van der Waals surface area contributed by atoms with E-state index in [4.69, 9.17) is 0 Å². The van der Waals surface area contributed by atoms with Crippen LogP contribution < -0.4 is 0 Å². The van der Waals surface area contributed by atoms with Gasteiger partial charge in [0, 0.05) is 0 Å². The molecule has 2 heteroatoms. The van der Waals surface area contributed by atoms with Crippen molar-refractivity contribution in [3.8, 4) is 0 Å². The van der Waals surface area contributed by atoms with E-state index >= 15 is 0 Å². The molecular formula is C22H30F2. The van der Waals surface area contributed by atoms with E-state index in [9.17, 15) is 8.78 Å². The maximum absolute atomic E-state index is 14.2. The lowest BCUT2D eigenvalue weighted by Gasteiger charge is -2.37. The average molecular weight is 332 g/mol. The van der Waals surface area contributed by atoms with E-state index in [1.807, 2.05) is 0 Å².